The third-order valence-electron chi connectivity index (χ3n) is 5.34. The number of benzene rings is 3. The Kier molecular flexibility index (Phi) is 4.57. The number of fused-ring (bicyclic) bond motifs is 3. The molecule has 0 amide bonds. The molecule has 0 radical (unpaired) electrons. The third kappa shape index (κ3) is 3.40. The van der Waals surface area contributed by atoms with Crippen molar-refractivity contribution < 1.29 is 4.74 Å². The first-order valence-electron chi connectivity index (χ1n) is 9.66. The number of para-hydroxylation sites is 1. The molecular formula is C24H21BrN2O. The number of hydrogen-bond donors (Lipinski definition) is 2. The molecule has 3 aromatic carbocycles. The van der Waals surface area contributed by atoms with Crippen LogP contribution < -0.4 is 10.1 Å². The van der Waals surface area contributed by atoms with E-state index in [1.54, 1.807) is 0 Å². The maximum atomic E-state index is 5.89. The Hall–Kier alpha value is -2.72. The highest BCUT2D eigenvalue weighted by Crippen LogP contribution is 2.37. The maximum Gasteiger partial charge on any atom is 0.127 e. The Bertz CT molecular complexity index is 1100. The summed E-state index contributed by atoms with van der Waals surface area (Å²) in [5.74, 6) is 1.70. The number of hydrogen-bond acceptors (Lipinski definition) is 2. The Balaban J connectivity index is 1.36. The molecule has 4 heteroatoms. The summed E-state index contributed by atoms with van der Waals surface area (Å²) in [5, 5.41) is 5.04. The second-order valence-electron chi connectivity index (χ2n) is 7.24. The second-order valence-corrected chi connectivity index (χ2v) is 8.15. The molecule has 1 aliphatic carbocycles. The van der Waals surface area contributed by atoms with Crippen LogP contribution in [0.1, 0.15) is 30.1 Å². The molecule has 0 fully saturated rings. The number of aryl methyl sites for hydroxylation is 1. The first-order valence-corrected chi connectivity index (χ1v) is 10.4. The van der Waals surface area contributed by atoms with Crippen LogP contribution in [0.25, 0.3) is 10.9 Å². The van der Waals surface area contributed by atoms with E-state index in [4.69, 9.17) is 4.74 Å². The lowest BCUT2D eigenvalue weighted by Gasteiger charge is -2.25. The lowest BCUT2D eigenvalue weighted by Crippen LogP contribution is -2.17. The molecule has 1 heterocycles. The number of nitrogens with one attached hydrogen (secondary N) is 2. The zero-order valence-corrected chi connectivity index (χ0v) is 17.0. The minimum atomic E-state index is 0.302. The molecule has 1 atom stereocenters. The van der Waals surface area contributed by atoms with Crippen LogP contribution in [0.2, 0.25) is 0 Å². The Morgan fingerprint density at radius 2 is 1.71 bits per heavy atom. The van der Waals surface area contributed by atoms with Gasteiger partial charge in [0.15, 0.2) is 0 Å². The number of ether oxygens (including phenoxy) is 1. The monoisotopic (exact) mass is 432 g/mol. The normalized spacial score (nSPS) is 16.0. The standard InChI is InChI=1S/C24H21BrN2O/c25-16-9-14-22-21(15-16)20-7-4-8-23(24(20)27-22)26-17-10-12-19(13-11-17)28-18-5-2-1-3-6-18/h1-3,5-6,9-15,23,26-27H,4,7-8H2. The number of aromatic nitrogens is 1. The molecule has 1 unspecified atom stereocenters. The Labute approximate surface area is 172 Å². The van der Waals surface area contributed by atoms with Crippen molar-refractivity contribution in [3.05, 3.63) is 88.5 Å². The van der Waals surface area contributed by atoms with E-state index in [0.29, 0.717) is 6.04 Å². The van der Waals surface area contributed by atoms with Crippen LogP contribution in [0.4, 0.5) is 5.69 Å². The topological polar surface area (TPSA) is 37.0 Å². The van der Waals surface area contributed by atoms with E-state index in [1.165, 1.54) is 28.6 Å². The van der Waals surface area contributed by atoms with Gasteiger partial charge in [0.25, 0.3) is 0 Å². The van der Waals surface area contributed by atoms with Crippen molar-refractivity contribution in [2.75, 3.05) is 5.32 Å². The van der Waals surface area contributed by atoms with E-state index in [1.807, 2.05) is 42.5 Å². The van der Waals surface area contributed by atoms with Gasteiger partial charge in [-0.05, 0) is 79.4 Å². The van der Waals surface area contributed by atoms with Crippen LogP contribution in [0.3, 0.4) is 0 Å². The van der Waals surface area contributed by atoms with E-state index in [0.717, 1.165) is 34.5 Å². The summed E-state index contributed by atoms with van der Waals surface area (Å²) >= 11 is 3.60. The first-order chi connectivity index (χ1) is 13.8. The molecule has 0 aliphatic heterocycles. The lowest BCUT2D eigenvalue weighted by molar-refractivity contribution is 0.482. The largest absolute Gasteiger partial charge is 0.457 e. The molecule has 2 N–H and O–H groups in total. The van der Waals surface area contributed by atoms with Gasteiger partial charge in [0, 0.05) is 26.8 Å². The van der Waals surface area contributed by atoms with E-state index >= 15 is 0 Å². The van der Waals surface area contributed by atoms with Crippen molar-refractivity contribution in [3.63, 3.8) is 0 Å². The fraction of sp³-hybridized carbons (Fsp3) is 0.167. The van der Waals surface area contributed by atoms with Gasteiger partial charge in [-0.15, -0.1) is 0 Å². The highest BCUT2D eigenvalue weighted by Gasteiger charge is 2.24. The van der Waals surface area contributed by atoms with Crippen LogP contribution in [-0.4, -0.2) is 4.98 Å². The molecule has 0 bridgehead atoms. The summed E-state index contributed by atoms with van der Waals surface area (Å²) in [6, 6.07) is 24.9. The van der Waals surface area contributed by atoms with Crippen LogP contribution in [0.5, 0.6) is 11.5 Å². The van der Waals surface area contributed by atoms with Gasteiger partial charge in [-0.2, -0.15) is 0 Å². The minimum Gasteiger partial charge on any atom is -0.457 e. The molecule has 28 heavy (non-hydrogen) atoms. The second kappa shape index (κ2) is 7.36. The Morgan fingerprint density at radius 3 is 2.54 bits per heavy atom. The van der Waals surface area contributed by atoms with Gasteiger partial charge in [-0.3, -0.25) is 0 Å². The van der Waals surface area contributed by atoms with Gasteiger partial charge >= 0.3 is 0 Å². The van der Waals surface area contributed by atoms with Crippen molar-refractivity contribution >= 4 is 32.5 Å². The summed E-state index contributed by atoms with van der Waals surface area (Å²) < 4.78 is 7.02. The summed E-state index contributed by atoms with van der Waals surface area (Å²) in [5.41, 5.74) is 5.10. The highest BCUT2D eigenvalue weighted by molar-refractivity contribution is 9.10. The summed E-state index contributed by atoms with van der Waals surface area (Å²) in [7, 11) is 0. The molecule has 5 rings (SSSR count). The van der Waals surface area contributed by atoms with Gasteiger partial charge in [-0.1, -0.05) is 34.1 Å². The molecule has 1 aliphatic rings. The molecule has 0 saturated heterocycles. The number of aromatic amines is 1. The van der Waals surface area contributed by atoms with E-state index < -0.39 is 0 Å². The average molecular weight is 433 g/mol. The minimum absolute atomic E-state index is 0.302. The van der Waals surface area contributed by atoms with E-state index in [-0.39, 0.29) is 0 Å². The molecule has 1 aromatic heterocycles. The van der Waals surface area contributed by atoms with Crippen molar-refractivity contribution in [1.29, 1.82) is 0 Å². The maximum absolute atomic E-state index is 5.89. The molecule has 4 aromatic rings. The van der Waals surface area contributed by atoms with Crippen molar-refractivity contribution in [2.24, 2.45) is 0 Å². The van der Waals surface area contributed by atoms with Crippen molar-refractivity contribution in [1.82, 2.24) is 4.98 Å². The highest BCUT2D eigenvalue weighted by atomic mass is 79.9. The van der Waals surface area contributed by atoms with Gasteiger partial charge < -0.3 is 15.0 Å². The molecular weight excluding hydrogens is 412 g/mol. The molecule has 3 nitrogen and oxygen atoms in total. The summed E-state index contributed by atoms with van der Waals surface area (Å²) in [4.78, 5) is 3.65. The quantitative estimate of drug-likeness (QED) is 0.357. The smallest absolute Gasteiger partial charge is 0.127 e. The molecule has 140 valence electrons. The van der Waals surface area contributed by atoms with Crippen molar-refractivity contribution in [2.45, 2.75) is 25.3 Å². The summed E-state index contributed by atoms with van der Waals surface area (Å²) in [6.07, 6.45) is 3.45. The van der Waals surface area contributed by atoms with Gasteiger partial charge in [0.2, 0.25) is 0 Å². The van der Waals surface area contributed by atoms with Gasteiger partial charge in [-0.25, -0.2) is 0 Å². The number of H-pyrrole nitrogens is 1. The van der Waals surface area contributed by atoms with Crippen molar-refractivity contribution in [3.8, 4) is 11.5 Å². The zero-order valence-electron chi connectivity index (χ0n) is 15.4. The fourth-order valence-corrected chi connectivity index (χ4v) is 4.39. The SMILES string of the molecule is Brc1ccc2[nH]c3c(c2c1)CCCC3Nc1ccc(Oc2ccccc2)cc1. The predicted molar refractivity (Wildman–Crippen MR) is 118 cm³/mol. The number of rotatable bonds is 4. The van der Waals surface area contributed by atoms with Crippen LogP contribution in [0, 0.1) is 0 Å². The average Bonchev–Trinajstić information content (AvgIpc) is 3.09. The summed E-state index contributed by atoms with van der Waals surface area (Å²) in [6.45, 7) is 0. The lowest BCUT2D eigenvalue weighted by atomic mass is 9.91. The van der Waals surface area contributed by atoms with Crippen LogP contribution in [0.15, 0.2) is 77.3 Å². The van der Waals surface area contributed by atoms with Crippen LogP contribution >= 0.6 is 15.9 Å². The van der Waals surface area contributed by atoms with E-state index in [9.17, 15) is 0 Å². The Morgan fingerprint density at radius 1 is 0.929 bits per heavy atom. The molecule has 0 saturated carbocycles. The van der Waals surface area contributed by atoms with Crippen LogP contribution in [-0.2, 0) is 6.42 Å². The van der Waals surface area contributed by atoms with E-state index in [2.05, 4.69) is 56.6 Å². The number of halogens is 1. The molecule has 0 spiro atoms. The van der Waals surface area contributed by atoms with Gasteiger partial charge in [0.05, 0.1) is 6.04 Å². The number of anilines is 1. The third-order valence-corrected chi connectivity index (χ3v) is 5.84. The van der Waals surface area contributed by atoms with Gasteiger partial charge in [0.1, 0.15) is 11.5 Å². The first kappa shape index (κ1) is 17.4. The predicted octanol–water partition coefficient (Wildman–Crippen LogP) is 7.21. The zero-order chi connectivity index (χ0) is 18.9. The fourth-order valence-electron chi connectivity index (χ4n) is 4.02.